The summed E-state index contributed by atoms with van der Waals surface area (Å²) < 4.78 is 21.0. The molecule has 0 spiro atoms. The van der Waals surface area contributed by atoms with Gasteiger partial charge >= 0.3 is 23.9 Å². The molecule has 0 radical (unpaired) electrons. The smallest absolute Gasteiger partial charge is 0.326 e. The van der Waals surface area contributed by atoms with Gasteiger partial charge < -0.3 is 24.1 Å². The highest BCUT2D eigenvalue weighted by atomic mass is 16.7. The molecule has 0 aromatic heterocycles. The first kappa shape index (κ1) is 21.6. The van der Waals surface area contributed by atoms with E-state index < -0.39 is 66.9 Å². The number of nitrogens with zero attached hydrogens (tertiary/aromatic N) is 1. The van der Waals surface area contributed by atoms with E-state index in [0.717, 1.165) is 18.7 Å². The highest BCUT2D eigenvalue weighted by Gasteiger charge is 2.54. The first-order valence-corrected chi connectivity index (χ1v) is 8.49. The molecule has 2 fully saturated rings. The minimum atomic E-state index is -1.24. The lowest BCUT2D eigenvalue weighted by atomic mass is 10.1. The molecule has 5 unspecified atom stereocenters. The monoisotopic (exact) mass is 402 g/mol. The van der Waals surface area contributed by atoms with Crippen LogP contribution >= 0.6 is 0 Å². The van der Waals surface area contributed by atoms with E-state index in [9.17, 15) is 29.1 Å². The summed E-state index contributed by atoms with van der Waals surface area (Å²) in [5.41, 5.74) is 0. The SMILES string of the molecule is CC(=O)OCC1OC(N2CC(CO)C(=O)NC2=O)C(OC(C)=O)C1OC(C)=O. The van der Waals surface area contributed by atoms with Gasteiger partial charge in [-0.25, -0.2) is 4.79 Å². The van der Waals surface area contributed by atoms with Gasteiger partial charge in [0.05, 0.1) is 12.5 Å². The predicted molar refractivity (Wildman–Crippen MR) is 87.2 cm³/mol. The molecule has 156 valence electrons. The minimum absolute atomic E-state index is 0.212. The van der Waals surface area contributed by atoms with Gasteiger partial charge in [-0.05, 0) is 0 Å². The Labute approximate surface area is 160 Å². The van der Waals surface area contributed by atoms with Crippen LogP contribution in [0.3, 0.4) is 0 Å². The van der Waals surface area contributed by atoms with Gasteiger partial charge in [-0.3, -0.25) is 29.4 Å². The average Bonchev–Trinajstić information content (AvgIpc) is 2.89. The fourth-order valence-electron chi connectivity index (χ4n) is 2.99. The lowest BCUT2D eigenvalue weighted by Crippen LogP contribution is -2.61. The molecule has 2 N–H and O–H groups in total. The zero-order valence-electron chi connectivity index (χ0n) is 15.6. The highest BCUT2D eigenvalue weighted by Crippen LogP contribution is 2.31. The van der Waals surface area contributed by atoms with E-state index in [1.807, 2.05) is 0 Å². The Morgan fingerprint density at radius 2 is 1.71 bits per heavy atom. The number of aliphatic hydroxyl groups is 1. The summed E-state index contributed by atoms with van der Waals surface area (Å²) in [4.78, 5) is 59.3. The molecule has 28 heavy (non-hydrogen) atoms. The average molecular weight is 402 g/mol. The number of rotatable bonds is 6. The molecule has 0 aliphatic carbocycles. The Balaban J connectivity index is 2.32. The third-order valence-electron chi connectivity index (χ3n) is 4.15. The van der Waals surface area contributed by atoms with E-state index in [1.165, 1.54) is 6.92 Å². The number of aliphatic hydroxyl groups excluding tert-OH is 1. The zero-order valence-corrected chi connectivity index (χ0v) is 15.6. The summed E-state index contributed by atoms with van der Waals surface area (Å²) >= 11 is 0. The molecule has 0 aromatic rings. The van der Waals surface area contributed by atoms with Crippen LogP contribution in [0, 0.1) is 5.92 Å². The summed E-state index contributed by atoms with van der Waals surface area (Å²) in [5.74, 6) is -3.61. The van der Waals surface area contributed by atoms with E-state index in [2.05, 4.69) is 5.32 Å². The van der Waals surface area contributed by atoms with E-state index >= 15 is 0 Å². The second-order valence-electron chi connectivity index (χ2n) is 6.34. The first-order valence-electron chi connectivity index (χ1n) is 8.49. The van der Waals surface area contributed by atoms with E-state index in [4.69, 9.17) is 18.9 Å². The van der Waals surface area contributed by atoms with Crippen LogP contribution in [0.5, 0.6) is 0 Å². The number of nitrogens with one attached hydrogen (secondary N) is 1. The van der Waals surface area contributed by atoms with Gasteiger partial charge in [0.15, 0.2) is 18.4 Å². The molecule has 2 aliphatic heterocycles. The maximum atomic E-state index is 12.3. The van der Waals surface area contributed by atoms with Gasteiger partial charge in [-0.2, -0.15) is 0 Å². The molecule has 2 rings (SSSR count). The van der Waals surface area contributed by atoms with Crippen LogP contribution < -0.4 is 5.32 Å². The number of esters is 3. The van der Waals surface area contributed by atoms with Gasteiger partial charge in [0.1, 0.15) is 12.7 Å². The first-order chi connectivity index (χ1) is 13.1. The van der Waals surface area contributed by atoms with Crippen molar-refractivity contribution in [1.29, 1.82) is 0 Å². The molecule has 3 amide bonds. The predicted octanol–water partition coefficient (Wildman–Crippen LogP) is -1.70. The molecule has 0 aromatic carbocycles. The number of carbonyl (C=O) groups excluding carboxylic acids is 5. The second kappa shape index (κ2) is 8.97. The molecule has 0 bridgehead atoms. The van der Waals surface area contributed by atoms with Crippen molar-refractivity contribution in [2.24, 2.45) is 5.92 Å². The lowest BCUT2D eigenvalue weighted by molar-refractivity contribution is -0.167. The van der Waals surface area contributed by atoms with Crippen molar-refractivity contribution < 1.29 is 48.0 Å². The largest absolute Gasteiger partial charge is 0.463 e. The van der Waals surface area contributed by atoms with Crippen LogP contribution in [-0.4, -0.2) is 84.2 Å². The topological polar surface area (TPSA) is 158 Å². The number of imide groups is 1. The Bertz CT molecular complexity index is 666. The summed E-state index contributed by atoms with van der Waals surface area (Å²) in [6, 6.07) is -0.827. The fourth-order valence-corrected chi connectivity index (χ4v) is 2.99. The zero-order chi connectivity index (χ0) is 21.0. The van der Waals surface area contributed by atoms with E-state index in [-0.39, 0.29) is 13.2 Å². The van der Waals surface area contributed by atoms with E-state index in [1.54, 1.807) is 0 Å². The maximum absolute atomic E-state index is 12.3. The maximum Gasteiger partial charge on any atom is 0.326 e. The standard InChI is InChI=1S/C16H22N2O10/c1-7(20)25-6-11-12(26-8(2)21)13(27-9(3)22)15(28-11)18-4-10(5-19)14(23)17-16(18)24/h10-13,15,19H,4-6H2,1-3H3,(H,17,23,24). The molecule has 2 aliphatic rings. The van der Waals surface area contributed by atoms with Gasteiger partial charge in [0.25, 0.3) is 0 Å². The van der Waals surface area contributed by atoms with Crippen molar-refractivity contribution in [3.8, 4) is 0 Å². The number of hydrogen-bond acceptors (Lipinski definition) is 10. The second-order valence-corrected chi connectivity index (χ2v) is 6.34. The molecule has 2 saturated heterocycles. The number of urea groups is 1. The summed E-state index contributed by atoms with van der Waals surface area (Å²) in [5, 5.41) is 11.4. The van der Waals surface area contributed by atoms with Crippen molar-refractivity contribution >= 4 is 29.8 Å². The van der Waals surface area contributed by atoms with Crippen LogP contribution in [0.25, 0.3) is 0 Å². The third kappa shape index (κ3) is 4.95. The van der Waals surface area contributed by atoms with Crippen LogP contribution in [0.4, 0.5) is 4.79 Å². The van der Waals surface area contributed by atoms with E-state index in [0.29, 0.717) is 0 Å². The van der Waals surface area contributed by atoms with Gasteiger partial charge in [-0.1, -0.05) is 0 Å². The molecule has 12 nitrogen and oxygen atoms in total. The van der Waals surface area contributed by atoms with Crippen LogP contribution in [0.1, 0.15) is 20.8 Å². The van der Waals surface area contributed by atoms with Crippen LogP contribution in [0.15, 0.2) is 0 Å². The molecule has 2 heterocycles. The number of hydrogen-bond donors (Lipinski definition) is 2. The Morgan fingerprint density at radius 3 is 2.25 bits per heavy atom. The molecule has 5 atom stereocenters. The van der Waals surface area contributed by atoms with Gasteiger partial charge in [-0.15, -0.1) is 0 Å². The summed E-state index contributed by atoms with van der Waals surface area (Å²) in [6.45, 7) is 2.37. The Hall–Kier alpha value is -2.73. The Kier molecular flexibility index (Phi) is 6.91. The lowest BCUT2D eigenvalue weighted by Gasteiger charge is -2.36. The van der Waals surface area contributed by atoms with Crippen molar-refractivity contribution in [3.63, 3.8) is 0 Å². The minimum Gasteiger partial charge on any atom is -0.463 e. The third-order valence-corrected chi connectivity index (χ3v) is 4.15. The normalized spacial score (nSPS) is 29.9. The van der Waals surface area contributed by atoms with Crippen molar-refractivity contribution in [2.45, 2.75) is 45.3 Å². The number of carbonyl (C=O) groups is 5. The van der Waals surface area contributed by atoms with Crippen LogP contribution in [-0.2, 0) is 38.1 Å². The van der Waals surface area contributed by atoms with Gasteiger partial charge in [0, 0.05) is 27.3 Å². The van der Waals surface area contributed by atoms with Crippen molar-refractivity contribution in [3.05, 3.63) is 0 Å². The van der Waals surface area contributed by atoms with Crippen molar-refractivity contribution in [2.75, 3.05) is 19.8 Å². The van der Waals surface area contributed by atoms with Crippen LogP contribution in [0.2, 0.25) is 0 Å². The Morgan fingerprint density at radius 1 is 1.11 bits per heavy atom. The molecule has 12 heteroatoms. The van der Waals surface area contributed by atoms with Gasteiger partial charge in [0.2, 0.25) is 5.91 Å². The number of amides is 3. The molecular formula is C16H22N2O10. The quantitative estimate of drug-likeness (QED) is 0.387. The highest BCUT2D eigenvalue weighted by molar-refractivity contribution is 5.98. The molecule has 0 saturated carbocycles. The summed E-state index contributed by atoms with van der Waals surface area (Å²) in [6.07, 6.45) is -4.67. The number of ether oxygens (including phenoxy) is 4. The molecular weight excluding hydrogens is 380 g/mol. The summed E-state index contributed by atoms with van der Waals surface area (Å²) in [7, 11) is 0. The van der Waals surface area contributed by atoms with Crippen molar-refractivity contribution in [1.82, 2.24) is 10.2 Å². The fraction of sp³-hybridized carbons (Fsp3) is 0.688.